The van der Waals surface area contributed by atoms with E-state index in [2.05, 4.69) is 30.9 Å². The van der Waals surface area contributed by atoms with Gasteiger partial charge in [-0.1, -0.05) is 32.6 Å². The van der Waals surface area contributed by atoms with Crippen LogP contribution in [0.1, 0.15) is 48.7 Å². The number of aliphatic hydroxyl groups excluding tert-OH is 1. The first-order valence-corrected chi connectivity index (χ1v) is 7.05. The quantitative estimate of drug-likeness (QED) is 0.640. The molecule has 0 aliphatic carbocycles. The van der Waals surface area contributed by atoms with Crippen molar-refractivity contribution in [1.82, 2.24) is 5.32 Å². The number of aliphatic hydroxyl groups is 1. The SMILES string of the molecule is C=C(CNC(=O)c1ccc(C(O)CCC(C)C)cc1)N=N. The Labute approximate surface area is 125 Å². The van der Waals surface area contributed by atoms with Gasteiger partial charge in [-0.25, -0.2) is 5.53 Å². The van der Waals surface area contributed by atoms with Crippen molar-refractivity contribution in [1.29, 1.82) is 5.53 Å². The number of hydrogen-bond donors (Lipinski definition) is 3. The molecule has 0 radical (unpaired) electrons. The monoisotopic (exact) mass is 289 g/mol. The van der Waals surface area contributed by atoms with E-state index in [-0.39, 0.29) is 12.5 Å². The Bertz CT molecular complexity index is 495. The van der Waals surface area contributed by atoms with Gasteiger partial charge in [0.2, 0.25) is 0 Å². The number of hydrogen-bond acceptors (Lipinski definition) is 4. The van der Waals surface area contributed by atoms with E-state index in [1.165, 1.54) is 0 Å². The average Bonchev–Trinajstić information content (AvgIpc) is 2.49. The van der Waals surface area contributed by atoms with Gasteiger partial charge >= 0.3 is 0 Å². The third-order valence-corrected chi connectivity index (χ3v) is 3.19. The fourth-order valence-corrected chi connectivity index (χ4v) is 1.84. The lowest BCUT2D eigenvalue weighted by molar-refractivity contribution is 0.0956. The van der Waals surface area contributed by atoms with Crippen LogP contribution >= 0.6 is 0 Å². The number of nitrogens with one attached hydrogen (secondary N) is 2. The molecule has 3 N–H and O–H groups in total. The third-order valence-electron chi connectivity index (χ3n) is 3.19. The van der Waals surface area contributed by atoms with Crippen molar-refractivity contribution in [3.05, 3.63) is 47.7 Å². The van der Waals surface area contributed by atoms with Crippen molar-refractivity contribution in [3.8, 4) is 0 Å². The maximum Gasteiger partial charge on any atom is 0.251 e. The van der Waals surface area contributed by atoms with Gasteiger partial charge in [0.1, 0.15) is 0 Å². The molecule has 0 fully saturated rings. The van der Waals surface area contributed by atoms with Crippen LogP contribution in [-0.2, 0) is 0 Å². The lowest BCUT2D eigenvalue weighted by Gasteiger charge is -2.13. The first-order chi connectivity index (χ1) is 9.93. The minimum Gasteiger partial charge on any atom is -0.388 e. The summed E-state index contributed by atoms with van der Waals surface area (Å²) in [7, 11) is 0. The van der Waals surface area contributed by atoms with Crippen LogP contribution in [0.3, 0.4) is 0 Å². The summed E-state index contributed by atoms with van der Waals surface area (Å²) in [4.78, 5) is 11.8. The van der Waals surface area contributed by atoms with Crippen molar-refractivity contribution in [2.24, 2.45) is 11.0 Å². The number of carbonyl (C=O) groups excluding carboxylic acids is 1. The second kappa shape index (κ2) is 8.32. The van der Waals surface area contributed by atoms with Crippen LogP contribution in [0.5, 0.6) is 0 Å². The van der Waals surface area contributed by atoms with Gasteiger partial charge < -0.3 is 10.4 Å². The minimum atomic E-state index is -0.494. The van der Waals surface area contributed by atoms with E-state index >= 15 is 0 Å². The molecule has 0 saturated carbocycles. The molecule has 0 aliphatic rings. The van der Waals surface area contributed by atoms with Crippen molar-refractivity contribution >= 4 is 5.91 Å². The van der Waals surface area contributed by atoms with Crippen LogP contribution in [0.15, 0.2) is 41.7 Å². The predicted octanol–water partition coefficient (Wildman–Crippen LogP) is 3.43. The number of carbonyl (C=O) groups is 1. The number of rotatable bonds is 8. The molecule has 1 rings (SSSR count). The van der Waals surface area contributed by atoms with Gasteiger partial charge in [-0.3, -0.25) is 4.79 Å². The Hall–Kier alpha value is -2.01. The topological polar surface area (TPSA) is 85.5 Å². The fraction of sp³-hybridized carbons (Fsp3) is 0.438. The minimum absolute atomic E-state index is 0.154. The van der Waals surface area contributed by atoms with Crippen LogP contribution in [0.25, 0.3) is 0 Å². The molecule has 5 nitrogen and oxygen atoms in total. The highest BCUT2D eigenvalue weighted by Crippen LogP contribution is 2.21. The smallest absolute Gasteiger partial charge is 0.251 e. The molecule has 0 spiro atoms. The van der Waals surface area contributed by atoms with Crippen LogP contribution in [0.4, 0.5) is 0 Å². The number of nitrogens with zero attached hydrogens (tertiary/aromatic N) is 1. The molecule has 1 unspecified atom stereocenters. The zero-order chi connectivity index (χ0) is 15.8. The van der Waals surface area contributed by atoms with E-state index in [0.717, 1.165) is 12.0 Å². The summed E-state index contributed by atoms with van der Waals surface area (Å²) in [6.45, 7) is 7.91. The molecule has 0 aliphatic heterocycles. The molecule has 114 valence electrons. The summed E-state index contributed by atoms with van der Waals surface area (Å²) in [5, 5.41) is 15.8. The summed E-state index contributed by atoms with van der Waals surface area (Å²) in [6.07, 6.45) is 1.18. The number of amides is 1. The Morgan fingerprint density at radius 3 is 2.48 bits per heavy atom. The van der Waals surface area contributed by atoms with E-state index in [4.69, 9.17) is 5.53 Å². The molecule has 1 aromatic rings. The largest absolute Gasteiger partial charge is 0.388 e. The van der Waals surface area contributed by atoms with E-state index in [1.54, 1.807) is 24.3 Å². The van der Waals surface area contributed by atoms with E-state index < -0.39 is 6.10 Å². The molecule has 0 aromatic heterocycles. The van der Waals surface area contributed by atoms with Crippen LogP contribution < -0.4 is 5.32 Å². The summed E-state index contributed by atoms with van der Waals surface area (Å²) in [6, 6.07) is 6.90. The average molecular weight is 289 g/mol. The zero-order valence-electron chi connectivity index (χ0n) is 12.6. The van der Waals surface area contributed by atoms with Gasteiger partial charge in [0, 0.05) is 5.56 Å². The molecule has 21 heavy (non-hydrogen) atoms. The summed E-state index contributed by atoms with van der Waals surface area (Å²) >= 11 is 0. The fourth-order valence-electron chi connectivity index (χ4n) is 1.84. The Kier molecular flexibility index (Phi) is 6.75. The first-order valence-electron chi connectivity index (χ1n) is 7.05. The molecule has 1 amide bonds. The first kappa shape index (κ1) is 17.0. The molecule has 5 heteroatoms. The molecule has 0 saturated heterocycles. The summed E-state index contributed by atoms with van der Waals surface area (Å²) < 4.78 is 0. The third kappa shape index (κ3) is 5.87. The second-order valence-electron chi connectivity index (χ2n) is 5.47. The Morgan fingerprint density at radius 2 is 1.95 bits per heavy atom. The maximum atomic E-state index is 11.8. The van der Waals surface area contributed by atoms with E-state index in [0.29, 0.717) is 23.6 Å². The summed E-state index contributed by atoms with van der Waals surface area (Å²) in [5.41, 5.74) is 8.37. The van der Waals surface area contributed by atoms with Crippen LogP contribution in [0.2, 0.25) is 0 Å². The Morgan fingerprint density at radius 1 is 1.33 bits per heavy atom. The van der Waals surface area contributed by atoms with Gasteiger partial charge in [-0.2, -0.15) is 5.11 Å². The van der Waals surface area contributed by atoms with Crippen LogP contribution in [0, 0.1) is 11.4 Å². The van der Waals surface area contributed by atoms with Gasteiger partial charge in [-0.05, 0) is 36.5 Å². The maximum absolute atomic E-state index is 11.8. The van der Waals surface area contributed by atoms with Crippen molar-refractivity contribution in [2.45, 2.75) is 32.8 Å². The molecule has 0 heterocycles. The second-order valence-corrected chi connectivity index (χ2v) is 5.47. The molecule has 1 atom stereocenters. The van der Waals surface area contributed by atoms with Crippen molar-refractivity contribution in [2.75, 3.05) is 6.54 Å². The van der Waals surface area contributed by atoms with Crippen LogP contribution in [-0.4, -0.2) is 17.6 Å². The highest BCUT2D eigenvalue weighted by molar-refractivity contribution is 5.94. The lowest BCUT2D eigenvalue weighted by atomic mass is 9.99. The molecular weight excluding hydrogens is 266 g/mol. The molecule has 0 bridgehead atoms. The molecule has 1 aromatic carbocycles. The highest BCUT2D eigenvalue weighted by Gasteiger charge is 2.10. The van der Waals surface area contributed by atoms with Crippen molar-refractivity contribution in [3.63, 3.8) is 0 Å². The van der Waals surface area contributed by atoms with Gasteiger partial charge in [0.15, 0.2) is 0 Å². The molecular formula is C16H23N3O2. The van der Waals surface area contributed by atoms with E-state index in [1.807, 2.05) is 0 Å². The van der Waals surface area contributed by atoms with Gasteiger partial charge in [0.25, 0.3) is 5.91 Å². The predicted molar refractivity (Wildman–Crippen MR) is 82.1 cm³/mol. The Balaban J connectivity index is 2.58. The highest BCUT2D eigenvalue weighted by atomic mass is 16.3. The lowest BCUT2D eigenvalue weighted by Crippen LogP contribution is -2.24. The zero-order valence-corrected chi connectivity index (χ0v) is 12.6. The van der Waals surface area contributed by atoms with Crippen molar-refractivity contribution < 1.29 is 9.90 Å². The van der Waals surface area contributed by atoms with E-state index in [9.17, 15) is 9.90 Å². The summed E-state index contributed by atoms with van der Waals surface area (Å²) in [5.74, 6) is 0.309. The standard InChI is InChI=1S/C16H23N3O2/c1-11(2)4-9-15(20)13-5-7-14(8-6-13)16(21)18-10-12(3)19-17/h5-8,11,15,17,20H,3-4,9-10H2,1-2H3,(H,18,21). The normalized spacial score (nSPS) is 12.0. The van der Waals surface area contributed by atoms with Gasteiger partial charge in [0.05, 0.1) is 18.3 Å². The van der Waals surface area contributed by atoms with Gasteiger partial charge in [-0.15, -0.1) is 0 Å². The number of benzene rings is 1.